The van der Waals surface area contributed by atoms with Crippen LogP contribution >= 0.6 is 28.3 Å². The average Bonchev–Trinajstić information content (AvgIpc) is 3.04. The van der Waals surface area contributed by atoms with Crippen molar-refractivity contribution in [1.82, 2.24) is 4.98 Å². The van der Waals surface area contributed by atoms with Gasteiger partial charge in [0.15, 0.2) is 10.9 Å². The number of ketones is 1. The first-order chi connectivity index (χ1) is 11.5. The largest absolute Gasteiger partial charge is 0.332 e. The maximum atomic E-state index is 11.3. The van der Waals surface area contributed by atoms with Crippen molar-refractivity contribution in [2.24, 2.45) is 0 Å². The van der Waals surface area contributed by atoms with Gasteiger partial charge in [0, 0.05) is 34.3 Å². The van der Waals surface area contributed by atoms with Gasteiger partial charge in [-0.2, -0.15) is 0 Å². The predicted octanol–water partition coefficient (Wildman–Crippen LogP) is 5.24. The maximum Gasteiger partial charge on any atom is 0.270 e. The van der Waals surface area contributed by atoms with Crippen LogP contribution in [0.4, 0.5) is 16.5 Å². The van der Waals surface area contributed by atoms with Crippen LogP contribution in [0.3, 0.4) is 0 Å². The Morgan fingerprint density at radius 1 is 1.20 bits per heavy atom. The second-order valence-electron chi connectivity index (χ2n) is 5.10. The molecular weight excluding hydrogens is 406 g/mol. The highest BCUT2D eigenvalue weighted by Crippen LogP contribution is 2.29. The summed E-state index contributed by atoms with van der Waals surface area (Å²) in [4.78, 5) is 26.2. The number of non-ortho nitro benzene ring substituents is 1. The van der Waals surface area contributed by atoms with Crippen molar-refractivity contribution in [3.8, 4) is 11.3 Å². The van der Waals surface area contributed by atoms with Crippen molar-refractivity contribution in [3.63, 3.8) is 0 Å². The van der Waals surface area contributed by atoms with E-state index in [0.29, 0.717) is 22.0 Å². The molecule has 0 aliphatic heterocycles. The Hall–Kier alpha value is -2.58. The summed E-state index contributed by atoms with van der Waals surface area (Å²) in [6.07, 6.45) is 0. The first-order valence-electron chi connectivity index (χ1n) is 7.11. The fourth-order valence-corrected chi connectivity index (χ4v) is 2.89. The van der Waals surface area contributed by atoms with Crippen LogP contribution in [-0.4, -0.2) is 15.7 Å². The highest BCUT2D eigenvalue weighted by atomic mass is 79.9. The summed E-state index contributed by atoms with van der Waals surface area (Å²) in [5.74, 6) is 0.0174. The van der Waals surface area contributed by atoms with Gasteiger partial charge in [0.2, 0.25) is 0 Å². The summed E-state index contributed by atoms with van der Waals surface area (Å²) in [6, 6.07) is 13.5. The van der Waals surface area contributed by atoms with E-state index < -0.39 is 4.92 Å². The van der Waals surface area contributed by atoms with Crippen molar-refractivity contribution in [2.75, 3.05) is 5.32 Å². The van der Waals surface area contributed by atoms with Crippen molar-refractivity contribution in [3.05, 3.63) is 69.6 Å². The van der Waals surface area contributed by atoms with Crippen LogP contribution in [0.2, 0.25) is 0 Å². The lowest BCUT2D eigenvalue weighted by molar-refractivity contribution is -0.384. The molecule has 0 radical (unpaired) electrons. The number of benzene rings is 2. The number of anilines is 2. The molecule has 0 fully saturated rings. The number of nitro benzene ring substituents is 1. The third-order valence-electron chi connectivity index (χ3n) is 3.40. The molecule has 0 atom stereocenters. The lowest BCUT2D eigenvalue weighted by Gasteiger charge is -2.03. The summed E-state index contributed by atoms with van der Waals surface area (Å²) in [5, 5.41) is 16.5. The Morgan fingerprint density at radius 2 is 1.92 bits per heavy atom. The summed E-state index contributed by atoms with van der Waals surface area (Å²) in [6.45, 7) is 1.52. The van der Waals surface area contributed by atoms with Gasteiger partial charge in [-0.3, -0.25) is 14.9 Å². The number of nitro groups is 1. The number of thiazole rings is 1. The Balaban J connectivity index is 0.00000225. The second-order valence-corrected chi connectivity index (χ2v) is 5.96. The van der Waals surface area contributed by atoms with Crippen LogP contribution in [0.15, 0.2) is 53.9 Å². The highest BCUT2D eigenvalue weighted by Gasteiger charge is 2.10. The quantitative estimate of drug-likeness (QED) is 0.347. The molecule has 0 saturated carbocycles. The zero-order valence-electron chi connectivity index (χ0n) is 13.1. The molecule has 8 heteroatoms. The number of carbonyl (C=O) groups is 1. The van der Waals surface area contributed by atoms with Gasteiger partial charge in [-0.05, 0) is 31.2 Å². The number of Topliss-reactive ketones (excluding diaryl/α,β-unsaturated/α-hetero) is 1. The van der Waals surface area contributed by atoms with E-state index in [1.165, 1.54) is 30.4 Å². The van der Waals surface area contributed by atoms with Crippen LogP contribution in [-0.2, 0) is 0 Å². The van der Waals surface area contributed by atoms with Crippen molar-refractivity contribution in [1.29, 1.82) is 0 Å². The van der Waals surface area contributed by atoms with E-state index >= 15 is 0 Å². The summed E-state index contributed by atoms with van der Waals surface area (Å²) in [7, 11) is 0. The van der Waals surface area contributed by atoms with E-state index in [1.54, 1.807) is 24.3 Å². The first kappa shape index (κ1) is 18.8. The molecule has 1 aromatic heterocycles. The summed E-state index contributed by atoms with van der Waals surface area (Å²) < 4.78 is 0. The van der Waals surface area contributed by atoms with Gasteiger partial charge in [0.25, 0.3) is 5.69 Å². The van der Waals surface area contributed by atoms with E-state index in [2.05, 4.69) is 10.3 Å². The third kappa shape index (κ3) is 4.49. The molecule has 0 bridgehead atoms. The van der Waals surface area contributed by atoms with E-state index in [-0.39, 0.29) is 28.5 Å². The maximum absolute atomic E-state index is 11.3. The normalized spacial score (nSPS) is 9.96. The first-order valence-corrected chi connectivity index (χ1v) is 7.99. The average molecular weight is 420 g/mol. The lowest BCUT2D eigenvalue weighted by atomic mass is 10.1. The van der Waals surface area contributed by atoms with Crippen LogP contribution in [0, 0.1) is 10.1 Å². The number of carbonyl (C=O) groups excluding carboxylic acids is 1. The number of aromatic nitrogens is 1. The molecule has 1 heterocycles. The van der Waals surface area contributed by atoms with Gasteiger partial charge < -0.3 is 5.32 Å². The minimum absolute atomic E-state index is 0. The molecule has 1 N–H and O–H groups in total. The minimum atomic E-state index is -0.425. The second kappa shape index (κ2) is 8.00. The van der Waals surface area contributed by atoms with Crippen LogP contribution in [0.5, 0.6) is 0 Å². The Labute approximate surface area is 158 Å². The molecular formula is C17H14BrN3O3S. The van der Waals surface area contributed by atoms with Gasteiger partial charge in [-0.25, -0.2) is 4.98 Å². The van der Waals surface area contributed by atoms with Crippen molar-refractivity contribution >= 4 is 50.6 Å². The number of nitrogens with zero attached hydrogens (tertiary/aromatic N) is 2. The standard InChI is InChI=1S/C17H13N3O3S.BrH/c1-11(21)12-5-7-14(8-6-12)18-17-19-16(10-24-17)13-3-2-4-15(9-13)20(22)23;/h2-10H,1H3,(H,18,19);1H. The SMILES string of the molecule is Br.CC(=O)c1ccc(Nc2nc(-c3cccc([N+](=O)[O-])c3)cs2)cc1. The fourth-order valence-electron chi connectivity index (χ4n) is 2.15. The monoisotopic (exact) mass is 419 g/mol. The smallest absolute Gasteiger partial charge is 0.270 e. The number of halogens is 1. The third-order valence-corrected chi connectivity index (χ3v) is 4.16. The molecule has 25 heavy (non-hydrogen) atoms. The van der Waals surface area contributed by atoms with Crippen LogP contribution in [0.25, 0.3) is 11.3 Å². The molecule has 0 amide bonds. The highest BCUT2D eigenvalue weighted by molar-refractivity contribution is 8.93. The van der Waals surface area contributed by atoms with E-state index in [9.17, 15) is 14.9 Å². The van der Waals surface area contributed by atoms with Gasteiger partial charge in [-0.15, -0.1) is 28.3 Å². The van der Waals surface area contributed by atoms with Gasteiger partial charge >= 0.3 is 0 Å². The predicted molar refractivity (Wildman–Crippen MR) is 104 cm³/mol. The summed E-state index contributed by atoms with van der Waals surface area (Å²) in [5.41, 5.74) is 2.87. The summed E-state index contributed by atoms with van der Waals surface area (Å²) >= 11 is 1.40. The van der Waals surface area contributed by atoms with Gasteiger partial charge in [0.1, 0.15) is 0 Å². The molecule has 2 aromatic carbocycles. The van der Waals surface area contributed by atoms with Crippen LogP contribution < -0.4 is 5.32 Å². The van der Waals surface area contributed by atoms with Crippen LogP contribution in [0.1, 0.15) is 17.3 Å². The molecule has 0 unspecified atom stereocenters. The Kier molecular flexibility index (Phi) is 6.00. The Bertz CT molecular complexity index is 910. The molecule has 0 aliphatic rings. The van der Waals surface area contributed by atoms with Crippen molar-refractivity contribution < 1.29 is 9.72 Å². The molecule has 6 nitrogen and oxygen atoms in total. The number of hydrogen-bond donors (Lipinski definition) is 1. The lowest BCUT2D eigenvalue weighted by Crippen LogP contribution is -1.93. The number of hydrogen-bond acceptors (Lipinski definition) is 6. The van der Waals surface area contributed by atoms with E-state index in [1.807, 2.05) is 17.5 Å². The molecule has 128 valence electrons. The minimum Gasteiger partial charge on any atom is -0.332 e. The number of rotatable bonds is 5. The van der Waals surface area contributed by atoms with E-state index in [0.717, 1.165) is 5.69 Å². The molecule has 0 spiro atoms. The zero-order valence-corrected chi connectivity index (χ0v) is 15.7. The number of nitrogens with one attached hydrogen (secondary N) is 1. The van der Waals surface area contributed by atoms with E-state index in [4.69, 9.17) is 0 Å². The Morgan fingerprint density at radius 3 is 2.56 bits per heavy atom. The van der Waals surface area contributed by atoms with Gasteiger partial charge in [-0.1, -0.05) is 12.1 Å². The topological polar surface area (TPSA) is 85.1 Å². The molecule has 3 rings (SSSR count). The zero-order chi connectivity index (χ0) is 17.1. The fraction of sp³-hybridized carbons (Fsp3) is 0.0588. The van der Waals surface area contributed by atoms with Gasteiger partial charge in [0.05, 0.1) is 10.6 Å². The molecule has 0 saturated heterocycles. The molecule has 3 aromatic rings. The van der Waals surface area contributed by atoms with Crippen molar-refractivity contribution in [2.45, 2.75) is 6.92 Å². The molecule has 0 aliphatic carbocycles.